The van der Waals surface area contributed by atoms with Crippen LogP contribution in [0.1, 0.15) is 39.0 Å². The van der Waals surface area contributed by atoms with Gasteiger partial charge >= 0.3 is 11.9 Å². The monoisotopic (exact) mass is 420 g/mol. The third kappa shape index (κ3) is 4.83. The number of carbonyl (C=O) groups is 3. The second-order valence-electron chi connectivity index (χ2n) is 6.86. The predicted octanol–water partition coefficient (Wildman–Crippen LogP) is 4.13. The molecular weight excluding hydrogens is 396 g/mol. The van der Waals surface area contributed by atoms with Gasteiger partial charge in [-0.2, -0.15) is 0 Å². The highest BCUT2D eigenvalue weighted by Gasteiger charge is 2.25. The van der Waals surface area contributed by atoms with Gasteiger partial charge in [0.2, 0.25) is 0 Å². The van der Waals surface area contributed by atoms with Gasteiger partial charge in [-0.05, 0) is 30.5 Å². The maximum atomic E-state index is 12.5. The van der Waals surface area contributed by atoms with Crippen molar-refractivity contribution < 1.29 is 23.9 Å². The van der Waals surface area contributed by atoms with Crippen LogP contribution in [0.15, 0.2) is 54.6 Å². The minimum atomic E-state index is -0.714. The van der Waals surface area contributed by atoms with Crippen LogP contribution in [0.5, 0.6) is 0 Å². The van der Waals surface area contributed by atoms with Crippen molar-refractivity contribution in [1.82, 2.24) is 4.98 Å². The molecule has 160 valence electrons. The van der Waals surface area contributed by atoms with Crippen LogP contribution in [0.25, 0.3) is 11.1 Å². The van der Waals surface area contributed by atoms with E-state index >= 15 is 0 Å². The summed E-state index contributed by atoms with van der Waals surface area (Å²) in [4.78, 5) is 39.9. The van der Waals surface area contributed by atoms with Crippen molar-refractivity contribution in [2.75, 3.05) is 19.0 Å². The quantitative estimate of drug-likeness (QED) is 0.560. The molecule has 0 atom stereocenters. The van der Waals surface area contributed by atoms with E-state index in [1.165, 1.54) is 7.11 Å². The topological polar surface area (TPSA) is 97.5 Å². The van der Waals surface area contributed by atoms with Crippen molar-refractivity contribution in [2.45, 2.75) is 20.3 Å². The van der Waals surface area contributed by atoms with E-state index in [0.29, 0.717) is 28.9 Å². The van der Waals surface area contributed by atoms with Crippen molar-refractivity contribution >= 4 is 23.5 Å². The van der Waals surface area contributed by atoms with E-state index in [0.717, 1.165) is 11.1 Å². The molecule has 2 N–H and O–H groups in total. The van der Waals surface area contributed by atoms with Gasteiger partial charge in [-0.1, -0.05) is 55.5 Å². The SMILES string of the molecule is CCc1[nH]c(C(=O)OCC(=O)Nc2ccccc2-c2ccccc2)c(C)c1C(=O)OC. The molecule has 0 aliphatic rings. The molecule has 2 aromatic carbocycles. The molecule has 3 rings (SSSR count). The summed E-state index contributed by atoms with van der Waals surface area (Å²) in [6, 6.07) is 17.0. The number of hydrogen-bond donors (Lipinski definition) is 2. The van der Waals surface area contributed by atoms with Crippen LogP contribution >= 0.6 is 0 Å². The molecule has 0 bridgehead atoms. The van der Waals surface area contributed by atoms with E-state index in [1.54, 1.807) is 13.0 Å². The van der Waals surface area contributed by atoms with Crippen LogP contribution in [0, 0.1) is 6.92 Å². The Labute approximate surface area is 180 Å². The van der Waals surface area contributed by atoms with Crippen LogP contribution in [-0.4, -0.2) is 36.5 Å². The fraction of sp³-hybridized carbons (Fsp3) is 0.208. The van der Waals surface area contributed by atoms with Gasteiger partial charge in [-0.15, -0.1) is 0 Å². The first-order chi connectivity index (χ1) is 15.0. The number of aromatic amines is 1. The molecule has 0 saturated carbocycles. The molecule has 7 heteroatoms. The Balaban J connectivity index is 1.70. The third-order valence-electron chi connectivity index (χ3n) is 4.90. The van der Waals surface area contributed by atoms with Crippen molar-refractivity contribution in [1.29, 1.82) is 0 Å². The molecular formula is C24H24N2O5. The lowest BCUT2D eigenvalue weighted by atomic mass is 10.0. The highest BCUT2D eigenvalue weighted by atomic mass is 16.5. The number of esters is 2. The standard InChI is InChI=1S/C24H24N2O5/c1-4-18-21(23(28)30-3)15(2)22(26-18)24(29)31-14-20(27)25-19-13-9-8-12-17(19)16-10-6-5-7-11-16/h5-13,26H,4,14H2,1-3H3,(H,25,27). The Hall–Kier alpha value is -3.87. The zero-order valence-corrected chi connectivity index (χ0v) is 17.7. The predicted molar refractivity (Wildman–Crippen MR) is 117 cm³/mol. The summed E-state index contributed by atoms with van der Waals surface area (Å²) in [6.07, 6.45) is 0.509. The number of nitrogens with one attached hydrogen (secondary N) is 2. The number of aromatic nitrogens is 1. The second-order valence-corrected chi connectivity index (χ2v) is 6.86. The van der Waals surface area contributed by atoms with Crippen molar-refractivity contribution in [3.05, 3.63) is 77.1 Å². The Morgan fingerprint density at radius 1 is 0.968 bits per heavy atom. The minimum absolute atomic E-state index is 0.134. The number of methoxy groups -OCH3 is 1. The number of para-hydroxylation sites is 1. The van der Waals surface area contributed by atoms with E-state index in [9.17, 15) is 14.4 Å². The Bertz CT molecular complexity index is 1100. The van der Waals surface area contributed by atoms with Gasteiger partial charge in [0.25, 0.3) is 5.91 Å². The van der Waals surface area contributed by atoms with E-state index < -0.39 is 24.5 Å². The largest absolute Gasteiger partial charge is 0.465 e. The molecule has 0 aliphatic carbocycles. The molecule has 0 spiro atoms. The van der Waals surface area contributed by atoms with Gasteiger partial charge in [0.05, 0.1) is 12.7 Å². The molecule has 7 nitrogen and oxygen atoms in total. The van der Waals surface area contributed by atoms with Crippen LogP contribution in [0.3, 0.4) is 0 Å². The van der Waals surface area contributed by atoms with Crippen molar-refractivity contribution in [2.24, 2.45) is 0 Å². The summed E-state index contributed by atoms with van der Waals surface area (Å²) in [5.41, 5.74) is 3.90. The highest BCUT2D eigenvalue weighted by molar-refractivity contribution is 6.00. The number of aryl methyl sites for hydroxylation is 1. The first kappa shape index (κ1) is 21.8. The molecule has 1 amide bonds. The summed E-state index contributed by atoms with van der Waals surface area (Å²) >= 11 is 0. The second kappa shape index (κ2) is 9.75. The lowest BCUT2D eigenvalue weighted by Crippen LogP contribution is -2.21. The zero-order valence-electron chi connectivity index (χ0n) is 17.7. The van der Waals surface area contributed by atoms with Gasteiger partial charge < -0.3 is 19.8 Å². The first-order valence-electron chi connectivity index (χ1n) is 9.87. The molecule has 1 aromatic heterocycles. The summed E-state index contributed by atoms with van der Waals surface area (Å²) in [5.74, 6) is -1.71. The van der Waals surface area contributed by atoms with Crippen molar-refractivity contribution in [3.8, 4) is 11.1 Å². The van der Waals surface area contributed by atoms with Gasteiger partial charge in [-0.25, -0.2) is 9.59 Å². The number of anilines is 1. The summed E-state index contributed by atoms with van der Waals surface area (Å²) in [5, 5.41) is 2.79. The van der Waals surface area contributed by atoms with Crippen LogP contribution in [0.2, 0.25) is 0 Å². The average Bonchev–Trinajstić information content (AvgIpc) is 3.14. The number of amides is 1. The minimum Gasteiger partial charge on any atom is -0.465 e. The smallest absolute Gasteiger partial charge is 0.355 e. The Kier molecular flexibility index (Phi) is 6.87. The van der Waals surface area contributed by atoms with Gasteiger partial charge in [0.15, 0.2) is 6.61 Å². The van der Waals surface area contributed by atoms with E-state index in [4.69, 9.17) is 9.47 Å². The maximum Gasteiger partial charge on any atom is 0.355 e. The number of hydrogen-bond acceptors (Lipinski definition) is 5. The Morgan fingerprint density at radius 3 is 2.32 bits per heavy atom. The molecule has 0 unspecified atom stereocenters. The van der Waals surface area contributed by atoms with Crippen molar-refractivity contribution in [3.63, 3.8) is 0 Å². The fourth-order valence-electron chi connectivity index (χ4n) is 3.36. The molecule has 31 heavy (non-hydrogen) atoms. The van der Waals surface area contributed by atoms with Crippen LogP contribution < -0.4 is 5.32 Å². The Morgan fingerprint density at radius 2 is 1.65 bits per heavy atom. The fourth-order valence-corrected chi connectivity index (χ4v) is 3.36. The number of benzene rings is 2. The maximum absolute atomic E-state index is 12.5. The molecule has 0 fully saturated rings. The van der Waals surface area contributed by atoms with E-state index in [-0.39, 0.29) is 5.69 Å². The molecule has 0 aliphatic heterocycles. The number of H-pyrrole nitrogens is 1. The molecule has 0 radical (unpaired) electrons. The number of rotatable bonds is 7. The third-order valence-corrected chi connectivity index (χ3v) is 4.90. The average molecular weight is 420 g/mol. The lowest BCUT2D eigenvalue weighted by molar-refractivity contribution is -0.119. The summed E-state index contributed by atoms with van der Waals surface area (Å²) < 4.78 is 9.97. The van der Waals surface area contributed by atoms with Gasteiger partial charge in [-0.3, -0.25) is 4.79 Å². The van der Waals surface area contributed by atoms with Crippen LogP contribution in [-0.2, 0) is 20.7 Å². The highest BCUT2D eigenvalue weighted by Crippen LogP contribution is 2.27. The van der Waals surface area contributed by atoms with Gasteiger partial charge in [0, 0.05) is 16.9 Å². The number of carbonyl (C=O) groups excluding carboxylic acids is 3. The summed E-state index contributed by atoms with van der Waals surface area (Å²) in [7, 11) is 1.28. The first-order valence-corrected chi connectivity index (χ1v) is 9.87. The van der Waals surface area contributed by atoms with E-state index in [2.05, 4.69) is 10.3 Å². The molecule has 1 heterocycles. The lowest BCUT2D eigenvalue weighted by Gasteiger charge is -2.11. The zero-order chi connectivity index (χ0) is 22.4. The normalized spacial score (nSPS) is 10.4. The molecule has 3 aromatic rings. The van der Waals surface area contributed by atoms with Gasteiger partial charge in [0.1, 0.15) is 5.69 Å². The summed E-state index contributed by atoms with van der Waals surface area (Å²) in [6.45, 7) is 3.02. The molecule has 0 saturated heterocycles. The number of ether oxygens (including phenoxy) is 2. The van der Waals surface area contributed by atoms with E-state index in [1.807, 2.05) is 55.5 Å². The van der Waals surface area contributed by atoms with Crippen LogP contribution in [0.4, 0.5) is 5.69 Å².